The molecule has 2 saturated carbocycles. The number of thioether (sulfide) groups is 1. The first-order valence-electron chi connectivity index (χ1n) is 11.0. The first-order valence-corrected chi connectivity index (χ1v) is 11.9. The van der Waals surface area contributed by atoms with Gasteiger partial charge in [-0.2, -0.15) is 0 Å². The summed E-state index contributed by atoms with van der Waals surface area (Å²) >= 11 is 1.77. The second kappa shape index (κ2) is 8.48. The van der Waals surface area contributed by atoms with Crippen molar-refractivity contribution in [3.05, 3.63) is 12.2 Å². The van der Waals surface area contributed by atoms with Crippen LogP contribution in [0.2, 0.25) is 0 Å². The van der Waals surface area contributed by atoms with Crippen LogP contribution in [-0.4, -0.2) is 55.8 Å². The fourth-order valence-electron chi connectivity index (χ4n) is 6.29. The number of fused-ring (bicyclic) bond motifs is 2. The quantitative estimate of drug-likeness (QED) is 0.324. The van der Waals surface area contributed by atoms with E-state index in [-0.39, 0.29) is 22.3 Å². The third kappa shape index (κ3) is 4.21. The van der Waals surface area contributed by atoms with Gasteiger partial charge in [-0.05, 0) is 51.4 Å². The lowest BCUT2D eigenvalue weighted by Gasteiger charge is -2.47. The van der Waals surface area contributed by atoms with Gasteiger partial charge in [0.2, 0.25) is 0 Å². The standard InChI is InChI=1S/C22H28O8S/c23-15(24)11-17(27)29-21(7-1-2-8-21)19-13-5-6-14(31-13)20(19)22(9-3-4-10-22)30-18(28)12-16(25)26/h5-6,13-14,19-20H,1-4,7-12H2,(H,23,24)(H,25,26). The number of ether oxygens (including phenoxy) is 2. The molecule has 2 N–H and O–H groups in total. The predicted octanol–water partition coefficient (Wildman–Crippen LogP) is 2.93. The topological polar surface area (TPSA) is 127 Å². The number of hydrogen-bond donors (Lipinski definition) is 2. The van der Waals surface area contributed by atoms with Crippen LogP contribution in [-0.2, 0) is 28.7 Å². The second-order valence-corrected chi connectivity index (χ2v) is 10.5. The van der Waals surface area contributed by atoms with Crippen LogP contribution in [0.25, 0.3) is 0 Å². The molecule has 1 saturated heterocycles. The molecule has 4 rings (SSSR count). The summed E-state index contributed by atoms with van der Waals surface area (Å²) in [7, 11) is 0. The highest BCUT2D eigenvalue weighted by Gasteiger charge is 2.65. The number of carboxylic acid groups (broad SMARTS) is 2. The first-order chi connectivity index (χ1) is 14.7. The molecule has 0 radical (unpaired) electrons. The summed E-state index contributed by atoms with van der Waals surface area (Å²) < 4.78 is 11.9. The summed E-state index contributed by atoms with van der Waals surface area (Å²) in [6, 6.07) is 0. The van der Waals surface area contributed by atoms with E-state index in [1.54, 1.807) is 11.8 Å². The molecule has 2 heterocycles. The van der Waals surface area contributed by atoms with Crippen molar-refractivity contribution in [1.82, 2.24) is 0 Å². The molecule has 2 bridgehead atoms. The van der Waals surface area contributed by atoms with E-state index in [1.807, 2.05) is 0 Å². The van der Waals surface area contributed by atoms with Gasteiger partial charge in [-0.1, -0.05) is 12.2 Å². The summed E-state index contributed by atoms with van der Waals surface area (Å²) in [5, 5.41) is 18.3. The summed E-state index contributed by atoms with van der Waals surface area (Å²) in [6.07, 6.45) is 9.13. The maximum Gasteiger partial charge on any atom is 0.317 e. The third-order valence-electron chi connectivity index (χ3n) is 7.24. The Morgan fingerprint density at radius 3 is 1.42 bits per heavy atom. The van der Waals surface area contributed by atoms with E-state index in [1.165, 1.54) is 0 Å². The maximum atomic E-state index is 12.4. The van der Waals surface area contributed by atoms with Crippen molar-refractivity contribution >= 4 is 35.6 Å². The van der Waals surface area contributed by atoms with Crippen molar-refractivity contribution in [2.45, 2.75) is 85.9 Å². The fraction of sp³-hybridized carbons (Fsp3) is 0.727. The molecule has 4 unspecified atom stereocenters. The molecule has 3 fully saturated rings. The monoisotopic (exact) mass is 452 g/mol. The van der Waals surface area contributed by atoms with Gasteiger partial charge < -0.3 is 19.7 Å². The highest BCUT2D eigenvalue weighted by Crippen LogP contribution is 2.63. The van der Waals surface area contributed by atoms with Crippen LogP contribution in [0.4, 0.5) is 0 Å². The van der Waals surface area contributed by atoms with Gasteiger partial charge in [-0.25, -0.2) is 0 Å². The zero-order valence-electron chi connectivity index (χ0n) is 17.3. The van der Waals surface area contributed by atoms with Gasteiger partial charge in [0.15, 0.2) is 0 Å². The van der Waals surface area contributed by atoms with Crippen LogP contribution < -0.4 is 0 Å². The number of carboxylic acids is 2. The van der Waals surface area contributed by atoms with E-state index < -0.39 is 47.9 Å². The molecule has 4 atom stereocenters. The fourth-order valence-corrected chi connectivity index (χ4v) is 8.19. The van der Waals surface area contributed by atoms with Gasteiger partial charge in [0, 0.05) is 22.3 Å². The van der Waals surface area contributed by atoms with Gasteiger partial charge >= 0.3 is 23.9 Å². The van der Waals surface area contributed by atoms with Crippen LogP contribution in [0, 0.1) is 11.8 Å². The highest BCUT2D eigenvalue weighted by atomic mass is 32.2. The average molecular weight is 453 g/mol. The lowest BCUT2D eigenvalue weighted by molar-refractivity contribution is -0.187. The molecule has 170 valence electrons. The molecule has 0 amide bonds. The molecule has 0 spiro atoms. The maximum absolute atomic E-state index is 12.4. The van der Waals surface area contributed by atoms with Crippen LogP contribution in [0.5, 0.6) is 0 Å². The molecule has 0 aromatic carbocycles. The van der Waals surface area contributed by atoms with Gasteiger partial charge in [0.05, 0.1) is 0 Å². The summed E-state index contributed by atoms with van der Waals surface area (Å²) in [6.45, 7) is 0. The van der Waals surface area contributed by atoms with Crippen LogP contribution in [0.1, 0.15) is 64.2 Å². The van der Waals surface area contributed by atoms with Crippen molar-refractivity contribution in [2.75, 3.05) is 0 Å². The van der Waals surface area contributed by atoms with Crippen LogP contribution >= 0.6 is 11.8 Å². The minimum absolute atomic E-state index is 0.0940. The molecule has 8 nitrogen and oxygen atoms in total. The number of aliphatic carboxylic acids is 2. The summed E-state index contributed by atoms with van der Waals surface area (Å²) in [5.41, 5.74) is -1.55. The minimum Gasteiger partial charge on any atom is -0.481 e. The van der Waals surface area contributed by atoms with Crippen LogP contribution in [0.3, 0.4) is 0 Å². The molecule has 0 aromatic rings. The number of esters is 2. The van der Waals surface area contributed by atoms with E-state index in [0.29, 0.717) is 25.7 Å². The normalized spacial score (nSPS) is 32.1. The lowest BCUT2D eigenvalue weighted by Crippen LogP contribution is -2.55. The minimum atomic E-state index is -1.22. The average Bonchev–Trinajstić information content (AvgIpc) is 3.44. The number of carbonyl (C=O) groups excluding carboxylic acids is 2. The summed E-state index contributed by atoms with van der Waals surface area (Å²) in [4.78, 5) is 46.9. The number of hydrogen-bond acceptors (Lipinski definition) is 7. The molecule has 2 aliphatic heterocycles. The van der Waals surface area contributed by atoms with Crippen LogP contribution in [0.15, 0.2) is 12.2 Å². The van der Waals surface area contributed by atoms with Crippen molar-refractivity contribution in [3.63, 3.8) is 0 Å². The van der Waals surface area contributed by atoms with Gasteiger partial charge in [-0.3, -0.25) is 19.2 Å². The molecular formula is C22H28O8S. The largest absolute Gasteiger partial charge is 0.481 e. The molecule has 4 aliphatic rings. The van der Waals surface area contributed by atoms with Gasteiger partial charge in [0.25, 0.3) is 0 Å². The number of carbonyl (C=O) groups is 4. The van der Waals surface area contributed by atoms with E-state index in [9.17, 15) is 19.2 Å². The Morgan fingerprint density at radius 1 is 0.742 bits per heavy atom. The Bertz CT molecular complexity index is 729. The molecule has 31 heavy (non-hydrogen) atoms. The van der Waals surface area contributed by atoms with E-state index in [0.717, 1.165) is 25.7 Å². The van der Waals surface area contributed by atoms with E-state index in [4.69, 9.17) is 19.7 Å². The molecule has 0 aromatic heterocycles. The SMILES string of the molecule is O=C(O)CC(=O)OC1(C2C3C=CC(S3)C2C2(OC(=O)CC(=O)O)CCCC2)CCCC1. The zero-order valence-corrected chi connectivity index (χ0v) is 18.1. The second-order valence-electron chi connectivity index (χ2n) is 9.13. The Labute approximate surface area is 184 Å². The van der Waals surface area contributed by atoms with Crippen molar-refractivity contribution in [1.29, 1.82) is 0 Å². The lowest BCUT2D eigenvalue weighted by atomic mass is 9.64. The van der Waals surface area contributed by atoms with E-state index >= 15 is 0 Å². The van der Waals surface area contributed by atoms with Crippen molar-refractivity contribution in [2.24, 2.45) is 11.8 Å². The first kappa shape index (κ1) is 22.2. The van der Waals surface area contributed by atoms with Gasteiger partial charge in [0.1, 0.15) is 24.0 Å². The predicted molar refractivity (Wildman–Crippen MR) is 110 cm³/mol. The molecule has 2 aliphatic carbocycles. The Hall–Kier alpha value is -2.03. The van der Waals surface area contributed by atoms with Gasteiger partial charge in [-0.15, -0.1) is 11.8 Å². The molecular weight excluding hydrogens is 424 g/mol. The Morgan fingerprint density at radius 2 is 1.10 bits per heavy atom. The third-order valence-corrected chi connectivity index (χ3v) is 8.77. The number of rotatable bonds is 8. The van der Waals surface area contributed by atoms with E-state index in [2.05, 4.69) is 12.2 Å². The highest BCUT2D eigenvalue weighted by molar-refractivity contribution is 8.01. The molecule has 9 heteroatoms. The smallest absolute Gasteiger partial charge is 0.317 e. The zero-order chi connectivity index (χ0) is 22.2. The van der Waals surface area contributed by atoms with Crippen molar-refractivity contribution in [3.8, 4) is 0 Å². The summed E-state index contributed by atoms with van der Waals surface area (Å²) in [5.74, 6) is -4.08. The Balaban J connectivity index is 1.66. The van der Waals surface area contributed by atoms with Crippen molar-refractivity contribution < 1.29 is 38.9 Å². The Kier molecular flexibility index (Phi) is 6.07.